The molecule has 0 aliphatic carbocycles. The monoisotopic (exact) mass is 470 g/mol. The van der Waals surface area contributed by atoms with Gasteiger partial charge in [-0.3, -0.25) is 0 Å². The lowest BCUT2D eigenvalue weighted by Gasteiger charge is -2.19. The molecule has 0 saturated carbocycles. The Hall–Kier alpha value is -1.88. The molecule has 2 aromatic rings. The van der Waals surface area contributed by atoms with Crippen LogP contribution in [0.2, 0.25) is 25.2 Å². The fourth-order valence-electron chi connectivity index (χ4n) is 3.74. The maximum Gasteiger partial charge on any atom is 0.159 e. The standard InChI is InChI=1S/C28H46N2O2Si/c1-5-7-8-9-10-13-20-31-26-18-16-25(17-19-26)28-29-23-27(24-30-28)32-21-14-11-12-15-22-33(3,4)6-2/h16-19,23-24H,5-15,20-22H2,1-4H3. The van der Waals surface area contributed by atoms with Crippen molar-refractivity contribution in [1.29, 1.82) is 0 Å². The van der Waals surface area contributed by atoms with Crippen molar-refractivity contribution in [3.8, 4) is 22.9 Å². The highest BCUT2D eigenvalue weighted by molar-refractivity contribution is 6.77. The second-order valence-corrected chi connectivity index (χ2v) is 15.4. The Morgan fingerprint density at radius 3 is 1.82 bits per heavy atom. The first-order valence-corrected chi connectivity index (χ1v) is 16.6. The van der Waals surface area contributed by atoms with E-state index < -0.39 is 8.07 Å². The third-order valence-electron chi connectivity index (χ3n) is 6.48. The van der Waals surface area contributed by atoms with E-state index in [1.807, 2.05) is 24.3 Å². The number of aromatic nitrogens is 2. The molecule has 0 atom stereocenters. The second kappa shape index (κ2) is 15.9. The van der Waals surface area contributed by atoms with Crippen molar-refractivity contribution in [2.75, 3.05) is 13.2 Å². The molecule has 1 heterocycles. The molecule has 4 nitrogen and oxygen atoms in total. The molecule has 0 amide bonds. The Morgan fingerprint density at radius 1 is 0.667 bits per heavy atom. The van der Waals surface area contributed by atoms with E-state index in [-0.39, 0.29) is 0 Å². The Labute approximate surface area is 203 Å². The topological polar surface area (TPSA) is 44.2 Å². The number of hydrogen-bond acceptors (Lipinski definition) is 4. The average Bonchev–Trinajstić information content (AvgIpc) is 2.84. The summed E-state index contributed by atoms with van der Waals surface area (Å²) in [7, 11) is -0.903. The highest BCUT2D eigenvalue weighted by Gasteiger charge is 2.16. The molecule has 2 rings (SSSR count). The Balaban J connectivity index is 1.62. The number of benzene rings is 1. The summed E-state index contributed by atoms with van der Waals surface area (Å²) in [5.74, 6) is 2.37. The van der Waals surface area contributed by atoms with Gasteiger partial charge in [0.1, 0.15) is 5.75 Å². The van der Waals surface area contributed by atoms with Crippen LogP contribution in [-0.4, -0.2) is 31.3 Å². The fourth-order valence-corrected chi connectivity index (χ4v) is 5.30. The summed E-state index contributed by atoms with van der Waals surface area (Å²) in [5, 5.41) is 0. The molecule has 0 fully saturated rings. The van der Waals surface area contributed by atoms with Gasteiger partial charge in [0.25, 0.3) is 0 Å². The molecule has 5 heteroatoms. The Kier molecular flexibility index (Phi) is 13.2. The van der Waals surface area contributed by atoms with E-state index in [2.05, 4.69) is 36.9 Å². The minimum atomic E-state index is -0.903. The zero-order valence-electron chi connectivity index (χ0n) is 21.6. The van der Waals surface area contributed by atoms with Crippen molar-refractivity contribution in [2.45, 2.75) is 103 Å². The van der Waals surface area contributed by atoms with Gasteiger partial charge in [-0.05, 0) is 37.1 Å². The quantitative estimate of drug-likeness (QED) is 0.162. The van der Waals surface area contributed by atoms with Crippen molar-refractivity contribution in [3.05, 3.63) is 36.7 Å². The third-order valence-corrected chi connectivity index (χ3v) is 10.1. The Bertz CT molecular complexity index is 747. The molecule has 33 heavy (non-hydrogen) atoms. The zero-order chi connectivity index (χ0) is 23.8. The lowest BCUT2D eigenvalue weighted by Crippen LogP contribution is -2.22. The lowest BCUT2D eigenvalue weighted by atomic mass is 10.1. The fraction of sp³-hybridized carbons (Fsp3) is 0.643. The van der Waals surface area contributed by atoms with E-state index in [4.69, 9.17) is 9.47 Å². The molecular formula is C28H46N2O2Si. The van der Waals surface area contributed by atoms with E-state index in [1.165, 1.54) is 63.5 Å². The largest absolute Gasteiger partial charge is 0.494 e. The highest BCUT2D eigenvalue weighted by Crippen LogP contribution is 2.21. The van der Waals surface area contributed by atoms with Crippen LogP contribution in [0.25, 0.3) is 11.4 Å². The van der Waals surface area contributed by atoms with Gasteiger partial charge < -0.3 is 9.47 Å². The van der Waals surface area contributed by atoms with Crippen LogP contribution in [0.5, 0.6) is 11.5 Å². The summed E-state index contributed by atoms with van der Waals surface area (Å²) >= 11 is 0. The summed E-state index contributed by atoms with van der Waals surface area (Å²) in [6.07, 6.45) is 16.2. The molecule has 1 aromatic heterocycles. The first kappa shape index (κ1) is 27.4. The number of hydrogen-bond donors (Lipinski definition) is 0. The maximum absolute atomic E-state index is 5.87. The van der Waals surface area contributed by atoms with Gasteiger partial charge in [0, 0.05) is 13.6 Å². The van der Waals surface area contributed by atoms with Crippen LogP contribution < -0.4 is 9.47 Å². The van der Waals surface area contributed by atoms with Crippen LogP contribution in [0.1, 0.15) is 78.1 Å². The number of nitrogens with zero attached hydrogens (tertiary/aromatic N) is 2. The first-order valence-electron chi connectivity index (χ1n) is 13.2. The van der Waals surface area contributed by atoms with E-state index in [0.717, 1.165) is 43.1 Å². The maximum atomic E-state index is 5.87. The van der Waals surface area contributed by atoms with Crippen LogP contribution in [0.3, 0.4) is 0 Å². The normalized spacial score (nSPS) is 11.5. The lowest BCUT2D eigenvalue weighted by molar-refractivity contribution is 0.302. The molecule has 0 aliphatic heterocycles. The van der Waals surface area contributed by atoms with Crippen molar-refractivity contribution in [3.63, 3.8) is 0 Å². The van der Waals surface area contributed by atoms with Gasteiger partial charge in [0.2, 0.25) is 0 Å². The van der Waals surface area contributed by atoms with Gasteiger partial charge in [-0.25, -0.2) is 9.97 Å². The predicted octanol–water partition coefficient (Wildman–Crippen LogP) is 8.55. The van der Waals surface area contributed by atoms with Gasteiger partial charge in [-0.15, -0.1) is 0 Å². The van der Waals surface area contributed by atoms with E-state index in [0.29, 0.717) is 5.82 Å². The zero-order valence-corrected chi connectivity index (χ0v) is 22.6. The smallest absolute Gasteiger partial charge is 0.159 e. The van der Waals surface area contributed by atoms with Crippen LogP contribution in [0.4, 0.5) is 0 Å². The average molecular weight is 471 g/mol. The SMILES string of the molecule is CCCCCCCCOc1ccc(-c2ncc(OCCCCCC[Si](C)(C)CC)cn2)cc1. The molecule has 1 aromatic carbocycles. The van der Waals surface area contributed by atoms with Gasteiger partial charge in [-0.2, -0.15) is 0 Å². The second-order valence-electron chi connectivity index (χ2n) is 9.91. The number of ether oxygens (including phenoxy) is 2. The molecule has 0 saturated heterocycles. The molecule has 0 radical (unpaired) electrons. The van der Waals surface area contributed by atoms with Gasteiger partial charge in [0.15, 0.2) is 11.6 Å². The van der Waals surface area contributed by atoms with Crippen LogP contribution in [0.15, 0.2) is 36.7 Å². The van der Waals surface area contributed by atoms with Crippen molar-refractivity contribution >= 4 is 8.07 Å². The van der Waals surface area contributed by atoms with Crippen molar-refractivity contribution < 1.29 is 9.47 Å². The molecule has 0 aliphatic rings. The van der Waals surface area contributed by atoms with Crippen molar-refractivity contribution in [1.82, 2.24) is 9.97 Å². The van der Waals surface area contributed by atoms with Gasteiger partial charge in [0.05, 0.1) is 25.6 Å². The summed E-state index contributed by atoms with van der Waals surface area (Å²) in [5.41, 5.74) is 0.993. The van der Waals surface area contributed by atoms with Crippen LogP contribution in [0, 0.1) is 0 Å². The van der Waals surface area contributed by atoms with E-state index in [1.54, 1.807) is 12.4 Å². The van der Waals surface area contributed by atoms with E-state index >= 15 is 0 Å². The molecule has 0 bridgehead atoms. The minimum Gasteiger partial charge on any atom is -0.494 e. The first-order chi connectivity index (χ1) is 16.0. The van der Waals surface area contributed by atoms with Gasteiger partial charge >= 0.3 is 0 Å². The van der Waals surface area contributed by atoms with Crippen LogP contribution in [-0.2, 0) is 0 Å². The Morgan fingerprint density at radius 2 is 1.21 bits per heavy atom. The predicted molar refractivity (Wildman–Crippen MR) is 143 cm³/mol. The number of unbranched alkanes of at least 4 members (excludes halogenated alkanes) is 8. The molecule has 0 spiro atoms. The highest BCUT2D eigenvalue weighted by atomic mass is 28.3. The summed E-state index contributed by atoms with van der Waals surface area (Å²) in [4.78, 5) is 8.96. The molecule has 184 valence electrons. The summed E-state index contributed by atoms with van der Waals surface area (Å²) in [6, 6.07) is 10.9. The number of rotatable bonds is 18. The minimum absolute atomic E-state index is 0.715. The van der Waals surface area contributed by atoms with Gasteiger partial charge in [-0.1, -0.05) is 90.4 Å². The third kappa shape index (κ3) is 11.7. The van der Waals surface area contributed by atoms with Crippen molar-refractivity contribution in [2.24, 2.45) is 0 Å². The molecular weight excluding hydrogens is 424 g/mol. The molecule has 0 unspecified atom stereocenters. The molecule has 0 N–H and O–H groups in total. The summed E-state index contributed by atoms with van der Waals surface area (Å²) in [6.45, 7) is 11.1. The van der Waals surface area contributed by atoms with E-state index in [9.17, 15) is 0 Å². The van der Waals surface area contributed by atoms with Crippen LogP contribution >= 0.6 is 0 Å². The summed E-state index contributed by atoms with van der Waals surface area (Å²) < 4.78 is 11.7.